The Morgan fingerprint density at radius 3 is 2.26 bits per heavy atom. The van der Waals surface area contributed by atoms with E-state index in [4.69, 9.17) is 9.92 Å². The van der Waals surface area contributed by atoms with E-state index in [-0.39, 0.29) is 19.4 Å². The highest BCUT2D eigenvalue weighted by molar-refractivity contribution is 7.87. The summed E-state index contributed by atoms with van der Waals surface area (Å²) in [6.07, 6.45) is 5.33. The van der Waals surface area contributed by atoms with Gasteiger partial charge >= 0.3 is 0 Å². The highest BCUT2D eigenvalue weighted by Crippen LogP contribution is 2.18. The number of primary amides is 1. The maximum absolute atomic E-state index is 12.0. The zero-order valence-electron chi connectivity index (χ0n) is 12.1. The Bertz CT molecular complexity index is 341. The third kappa shape index (κ3) is 8.99. The van der Waals surface area contributed by atoms with Crippen LogP contribution in [0.15, 0.2) is 0 Å². The lowest BCUT2D eigenvalue weighted by atomic mass is 10.1. The van der Waals surface area contributed by atoms with E-state index >= 15 is 0 Å². The molecule has 0 aromatic heterocycles. The average molecular weight is 293 g/mol. The molecule has 0 saturated heterocycles. The summed E-state index contributed by atoms with van der Waals surface area (Å²) in [4.78, 5) is 10.8. The lowest BCUT2D eigenvalue weighted by molar-refractivity contribution is -0.118. The third-order valence-electron chi connectivity index (χ3n) is 3.00. The summed E-state index contributed by atoms with van der Waals surface area (Å²) in [6, 6.07) is 0. The summed E-state index contributed by atoms with van der Waals surface area (Å²) in [5, 5.41) is -0.608. The first kappa shape index (κ1) is 18.4. The Balaban J connectivity index is 4.45. The van der Waals surface area contributed by atoms with E-state index in [1.54, 1.807) is 0 Å². The first-order valence-electron chi connectivity index (χ1n) is 7.10. The van der Waals surface area contributed by atoms with E-state index in [0.29, 0.717) is 6.42 Å². The molecular weight excluding hydrogens is 266 g/mol. The van der Waals surface area contributed by atoms with Crippen LogP contribution in [0.3, 0.4) is 0 Å². The molecule has 0 aromatic carbocycles. The molecule has 1 amide bonds. The summed E-state index contributed by atoms with van der Waals surface area (Å²) >= 11 is 0. The smallest absolute Gasteiger partial charge is 0.270 e. The van der Waals surface area contributed by atoms with Gasteiger partial charge in [0.2, 0.25) is 5.91 Å². The van der Waals surface area contributed by atoms with Crippen molar-refractivity contribution in [2.24, 2.45) is 5.73 Å². The van der Waals surface area contributed by atoms with Crippen LogP contribution in [0.5, 0.6) is 0 Å². The van der Waals surface area contributed by atoms with Crippen LogP contribution >= 0.6 is 0 Å². The fourth-order valence-electron chi connectivity index (χ4n) is 1.77. The van der Waals surface area contributed by atoms with Crippen molar-refractivity contribution < 1.29 is 17.4 Å². The second kappa shape index (κ2) is 10.2. The molecule has 1 atom stereocenters. The number of nitrogens with two attached hydrogens (primary N) is 1. The molecule has 0 fully saturated rings. The Labute approximate surface area is 117 Å². The minimum atomic E-state index is -3.58. The van der Waals surface area contributed by atoms with Gasteiger partial charge in [-0.25, -0.2) is 0 Å². The molecule has 0 aliphatic carbocycles. The van der Waals surface area contributed by atoms with E-state index < -0.39 is 21.3 Å². The molecule has 114 valence electrons. The monoisotopic (exact) mass is 293 g/mol. The highest BCUT2D eigenvalue weighted by atomic mass is 32.2. The van der Waals surface area contributed by atoms with Gasteiger partial charge in [-0.2, -0.15) is 8.42 Å². The summed E-state index contributed by atoms with van der Waals surface area (Å²) in [5.74, 6) is -0.468. The van der Waals surface area contributed by atoms with Gasteiger partial charge in [0.05, 0.1) is 11.9 Å². The molecule has 0 saturated carbocycles. The van der Waals surface area contributed by atoms with Crippen LogP contribution in [0.2, 0.25) is 0 Å². The third-order valence-corrected chi connectivity index (χ3v) is 4.78. The number of carbonyl (C=O) groups is 1. The van der Waals surface area contributed by atoms with Gasteiger partial charge in [0, 0.05) is 6.42 Å². The second-order valence-electron chi connectivity index (χ2n) is 4.79. The topological polar surface area (TPSA) is 86.5 Å². The number of hydrogen-bond acceptors (Lipinski definition) is 4. The largest absolute Gasteiger partial charge is 0.370 e. The highest BCUT2D eigenvalue weighted by Gasteiger charge is 2.26. The number of unbranched alkanes of at least 4 members (excludes halogenated alkanes) is 3. The van der Waals surface area contributed by atoms with Crippen molar-refractivity contribution in [1.29, 1.82) is 0 Å². The maximum Gasteiger partial charge on any atom is 0.270 e. The van der Waals surface area contributed by atoms with Crippen LogP contribution in [0, 0.1) is 0 Å². The SMILES string of the molecule is CCCCCC(CCC(N)=O)S(=O)(=O)OCCCC. The number of carbonyl (C=O) groups excluding carboxylic acids is 1. The van der Waals surface area contributed by atoms with Crippen LogP contribution in [0.25, 0.3) is 0 Å². The van der Waals surface area contributed by atoms with Gasteiger partial charge in [0.25, 0.3) is 10.1 Å². The predicted octanol–water partition coefficient (Wildman–Crippen LogP) is 2.35. The molecule has 0 radical (unpaired) electrons. The van der Waals surface area contributed by atoms with Crippen LogP contribution in [-0.4, -0.2) is 26.2 Å². The van der Waals surface area contributed by atoms with E-state index in [1.165, 1.54) is 0 Å². The fourth-order valence-corrected chi connectivity index (χ4v) is 3.18. The van der Waals surface area contributed by atoms with E-state index in [9.17, 15) is 13.2 Å². The van der Waals surface area contributed by atoms with Crippen molar-refractivity contribution in [3.63, 3.8) is 0 Å². The normalized spacial score (nSPS) is 13.4. The van der Waals surface area contributed by atoms with Crippen molar-refractivity contribution >= 4 is 16.0 Å². The number of hydrogen-bond donors (Lipinski definition) is 1. The molecule has 0 aromatic rings. The minimum absolute atomic E-state index is 0.0904. The summed E-state index contributed by atoms with van der Waals surface area (Å²) < 4.78 is 29.1. The van der Waals surface area contributed by atoms with Crippen LogP contribution < -0.4 is 5.73 Å². The Morgan fingerprint density at radius 2 is 1.74 bits per heavy atom. The number of amides is 1. The second-order valence-corrected chi connectivity index (χ2v) is 6.68. The Morgan fingerprint density at radius 1 is 1.11 bits per heavy atom. The molecule has 0 rings (SSSR count). The van der Waals surface area contributed by atoms with Gasteiger partial charge in [-0.1, -0.05) is 39.5 Å². The van der Waals surface area contributed by atoms with E-state index in [2.05, 4.69) is 6.92 Å². The standard InChI is InChI=1S/C13H27NO4S/c1-3-5-7-8-12(9-10-13(14)15)19(16,17)18-11-6-4-2/h12H,3-11H2,1-2H3,(H2,14,15). The van der Waals surface area contributed by atoms with Gasteiger partial charge in [0.1, 0.15) is 0 Å². The van der Waals surface area contributed by atoms with Gasteiger partial charge < -0.3 is 5.73 Å². The molecule has 0 aliphatic heterocycles. The van der Waals surface area contributed by atoms with Gasteiger partial charge in [-0.05, 0) is 19.3 Å². The fraction of sp³-hybridized carbons (Fsp3) is 0.923. The molecule has 0 aliphatic rings. The predicted molar refractivity (Wildman–Crippen MR) is 76.1 cm³/mol. The lowest BCUT2D eigenvalue weighted by Gasteiger charge is -2.16. The van der Waals surface area contributed by atoms with Crippen molar-refractivity contribution in [2.75, 3.05) is 6.61 Å². The molecule has 1 unspecified atom stereocenters. The Kier molecular flexibility index (Phi) is 9.87. The van der Waals surface area contributed by atoms with Gasteiger partial charge in [-0.3, -0.25) is 8.98 Å². The molecule has 0 bridgehead atoms. The summed E-state index contributed by atoms with van der Waals surface area (Å²) in [5.41, 5.74) is 5.09. The Hall–Kier alpha value is -0.620. The first-order chi connectivity index (χ1) is 8.94. The molecule has 6 heteroatoms. The maximum atomic E-state index is 12.0. The quantitative estimate of drug-likeness (QED) is 0.442. The molecule has 0 spiro atoms. The van der Waals surface area contributed by atoms with Gasteiger partial charge in [-0.15, -0.1) is 0 Å². The summed E-state index contributed by atoms with van der Waals surface area (Å²) in [6.45, 7) is 4.26. The zero-order chi connectivity index (χ0) is 14.7. The molecular formula is C13H27NO4S. The minimum Gasteiger partial charge on any atom is -0.370 e. The van der Waals surface area contributed by atoms with Crippen molar-refractivity contribution in [1.82, 2.24) is 0 Å². The molecule has 19 heavy (non-hydrogen) atoms. The van der Waals surface area contributed by atoms with Crippen molar-refractivity contribution in [3.05, 3.63) is 0 Å². The van der Waals surface area contributed by atoms with Crippen molar-refractivity contribution in [3.8, 4) is 0 Å². The average Bonchev–Trinajstić information content (AvgIpc) is 2.33. The van der Waals surface area contributed by atoms with Crippen LogP contribution in [0.1, 0.15) is 65.2 Å². The lowest BCUT2D eigenvalue weighted by Crippen LogP contribution is -2.26. The van der Waals surface area contributed by atoms with Crippen LogP contribution in [-0.2, 0) is 19.1 Å². The molecule has 0 heterocycles. The zero-order valence-corrected chi connectivity index (χ0v) is 12.9. The van der Waals surface area contributed by atoms with E-state index in [0.717, 1.165) is 32.1 Å². The summed E-state index contributed by atoms with van der Waals surface area (Å²) in [7, 11) is -3.58. The van der Waals surface area contributed by atoms with Crippen LogP contribution in [0.4, 0.5) is 0 Å². The number of rotatable bonds is 12. The first-order valence-corrected chi connectivity index (χ1v) is 8.57. The molecule has 2 N–H and O–H groups in total. The van der Waals surface area contributed by atoms with E-state index in [1.807, 2.05) is 6.92 Å². The van der Waals surface area contributed by atoms with Crippen molar-refractivity contribution in [2.45, 2.75) is 70.5 Å². The van der Waals surface area contributed by atoms with Gasteiger partial charge in [0.15, 0.2) is 0 Å². The molecule has 5 nitrogen and oxygen atoms in total.